The first-order valence-corrected chi connectivity index (χ1v) is 6.76. The SMILES string of the molecule is COc1cccc(-n2c(C(C)Cl)nc3cccnc32)c1. The van der Waals surface area contributed by atoms with E-state index in [2.05, 4.69) is 9.97 Å². The molecule has 4 nitrogen and oxygen atoms in total. The highest BCUT2D eigenvalue weighted by Gasteiger charge is 2.17. The van der Waals surface area contributed by atoms with Crippen LogP contribution in [0.25, 0.3) is 16.9 Å². The Labute approximate surface area is 122 Å². The van der Waals surface area contributed by atoms with Crippen LogP contribution in [0.15, 0.2) is 42.6 Å². The van der Waals surface area contributed by atoms with E-state index in [1.54, 1.807) is 13.3 Å². The van der Waals surface area contributed by atoms with Crippen LogP contribution in [0.5, 0.6) is 5.75 Å². The number of hydrogen-bond donors (Lipinski definition) is 0. The van der Waals surface area contributed by atoms with Gasteiger partial charge in [-0.1, -0.05) is 6.07 Å². The van der Waals surface area contributed by atoms with E-state index < -0.39 is 0 Å². The summed E-state index contributed by atoms with van der Waals surface area (Å²) in [4.78, 5) is 8.99. The molecule has 0 saturated heterocycles. The molecule has 1 atom stereocenters. The van der Waals surface area contributed by atoms with Crippen LogP contribution in [0.3, 0.4) is 0 Å². The number of hydrogen-bond acceptors (Lipinski definition) is 3. The molecule has 1 aromatic carbocycles. The van der Waals surface area contributed by atoms with Crippen molar-refractivity contribution in [2.75, 3.05) is 7.11 Å². The van der Waals surface area contributed by atoms with Crippen LogP contribution in [0.2, 0.25) is 0 Å². The number of methoxy groups -OCH3 is 1. The van der Waals surface area contributed by atoms with Crippen LogP contribution in [0.4, 0.5) is 0 Å². The second-order valence-electron chi connectivity index (χ2n) is 4.47. The van der Waals surface area contributed by atoms with Crippen molar-refractivity contribution in [2.45, 2.75) is 12.3 Å². The second-order valence-corrected chi connectivity index (χ2v) is 5.12. The number of pyridine rings is 1. The molecule has 102 valence electrons. The summed E-state index contributed by atoms with van der Waals surface area (Å²) in [6, 6.07) is 11.6. The van der Waals surface area contributed by atoms with E-state index in [0.717, 1.165) is 28.4 Å². The van der Waals surface area contributed by atoms with Crippen molar-refractivity contribution in [1.29, 1.82) is 0 Å². The van der Waals surface area contributed by atoms with Crippen LogP contribution >= 0.6 is 11.6 Å². The Kier molecular flexibility index (Phi) is 3.32. The Bertz CT molecular complexity index is 752. The molecular formula is C15H14ClN3O. The van der Waals surface area contributed by atoms with Crippen molar-refractivity contribution in [3.63, 3.8) is 0 Å². The Balaban J connectivity index is 2.30. The minimum atomic E-state index is -0.213. The summed E-state index contributed by atoms with van der Waals surface area (Å²) in [6.45, 7) is 1.90. The Morgan fingerprint density at radius 1 is 1.25 bits per heavy atom. The smallest absolute Gasteiger partial charge is 0.164 e. The largest absolute Gasteiger partial charge is 0.497 e. The summed E-state index contributed by atoms with van der Waals surface area (Å²) in [7, 11) is 1.65. The van der Waals surface area contributed by atoms with Gasteiger partial charge in [0.1, 0.15) is 17.1 Å². The molecule has 0 aliphatic rings. The lowest BCUT2D eigenvalue weighted by atomic mass is 10.3. The fourth-order valence-corrected chi connectivity index (χ4v) is 2.35. The fraction of sp³-hybridized carbons (Fsp3) is 0.200. The summed E-state index contributed by atoms with van der Waals surface area (Å²) < 4.78 is 7.25. The van der Waals surface area contributed by atoms with E-state index in [0.29, 0.717) is 0 Å². The molecule has 0 N–H and O–H groups in total. The van der Waals surface area contributed by atoms with E-state index in [4.69, 9.17) is 16.3 Å². The summed E-state index contributed by atoms with van der Waals surface area (Å²) >= 11 is 6.26. The zero-order valence-corrected chi connectivity index (χ0v) is 12.0. The molecule has 1 unspecified atom stereocenters. The van der Waals surface area contributed by atoms with Crippen molar-refractivity contribution >= 4 is 22.8 Å². The molecule has 0 saturated carbocycles. The molecule has 0 amide bonds. The minimum Gasteiger partial charge on any atom is -0.497 e. The van der Waals surface area contributed by atoms with Crippen LogP contribution in [-0.4, -0.2) is 21.6 Å². The number of benzene rings is 1. The molecule has 20 heavy (non-hydrogen) atoms. The molecule has 0 bridgehead atoms. The predicted octanol–water partition coefficient (Wildman–Crippen LogP) is 3.73. The summed E-state index contributed by atoms with van der Waals surface area (Å²) in [5.74, 6) is 1.56. The highest BCUT2D eigenvalue weighted by atomic mass is 35.5. The summed E-state index contributed by atoms with van der Waals surface area (Å²) in [6.07, 6.45) is 1.75. The predicted molar refractivity (Wildman–Crippen MR) is 79.7 cm³/mol. The van der Waals surface area contributed by atoms with Gasteiger partial charge in [-0.15, -0.1) is 11.6 Å². The first-order valence-electron chi connectivity index (χ1n) is 6.32. The number of imidazole rings is 1. The number of aromatic nitrogens is 3. The Hall–Kier alpha value is -2.07. The van der Waals surface area contributed by atoms with E-state index in [1.165, 1.54) is 0 Å². The third kappa shape index (κ3) is 2.12. The number of halogens is 1. The van der Waals surface area contributed by atoms with Crippen molar-refractivity contribution in [1.82, 2.24) is 14.5 Å². The van der Waals surface area contributed by atoms with Gasteiger partial charge in [-0.2, -0.15) is 0 Å². The standard InChI is InChI=1S/C15H14ClN3O/c1-10(16)14-18-13-7-4-8-17-15(13)19(14)11-5-3-6-12(9-11)20-2/h3-10H,1-2H3. The van der Waals surface area contributed by atoms with Crippen molar-refractivity contribution in [3.05, 3.63) is 48.4 Å². The lowest BCUT2D eigenvalue weighted by Crippen LogP contribution is -2.02. The van der Waals surface area contributed by atoms with Gasteiger partial charge >= 0.3 is 0 Å². The molecule has 0 aliphatic carbocycles. The first-order chi connectivity index (χ1) is 9.70. The van der Waals surface area contributed by atoms with Crippen LogP contribution in [-0.2, 0) is 0 Å². The van der Waals surface area contributed by atoms with Crippen molar-refractivity contribution in [2.24, 2.45) is 0 Å². The number of rotatable bonds is 3. The molecule has 5 heteroatoms. The molecule has 3 rings (SSSR count). The van der Waals surface area contributed by atoms with Gasteiger partial charge in [0.15, 0.2) is 5.65 Å². The number of fused-ring (bicyclic) bond motifs is 1. The number of alkyl halides is 1. The number of nitrogens with zero attached hydrogens (tertiary/aromatic N) is 3. The quantitative estimate of drug-likeness (QED) is 0.689. The minimum absolute atomic E-state index is 0.213. The Morgan fingerprint density at radius 3 is 2.85 bits per heavy atom. The molecule has 0 spiro atoms. The molecule has 2 heterocycles. The maximum Gasteiger partial charge on any atom is 0.164 e. The molecule has 0 aliphatic heterocycles. The van der Waals surface area contributed by atoms with Gasteiger partial charge in [0.2, 0.25) is 0 Å². The van der Waals surface area contributed by atoms with Gasteiger partial charge in [-0.05, 0) is 31.2 Å². The first kappa shape index (κ1) is 12.9. The van der Waals surface area contributed by atoms with E-state index in [-0.39, 0.29) is 5.38 Å². The maximum absolute atomic E-state index is 6.26. The zero-order chi connectivity index (χ0) is 14.1. The summed E-state index contributed by atoms with van der Waals surface area (Å²) in [5.41, 5.74) is 2.56. The van der Waals surface area contributed by atoms with Crippen LogP contribution < -0.4 is 4.74 Å². The fourth-order valence-electron chi connectivity index (χ4n) is 2.20. The van der Waals surface area contributed by atoms with Crippen molar-refractivity contribution in [3.8, 4) is 11.4 Å². The molecule has 2 aromatic heterocycles. The normalized spacial score (nSPS) is 12.6. The third-order valence-corrected chi connectivity index (χ3v) is 3.30. The molecule has 3 aromatic rings. The highest BCUT2D eigenvalue weighted by Crippen LogP contribution is 2.28. The molecular weight excluding hydrogens is 274 g/mol. The molecule has 0 fully saturated rings. The van der Waals surface area contributed by atoms with Crippen LogP contribution in [0, 0.1) is 0 Å². The topological polar surface area (TPSA) is 39.9 Å². The third-order valence-electron chi connectivity index (χ3n) is 3.11. The maximum atomic E-state index is 6.26. The van der Waals surface area contributed by atoms with E-state index >= 15 is 0 Å². The Morgan fingerprint density at radius 2 is 2.10 bits per heavy atom. The average molecular weight is 288 g/mol. The zero-order valence-electron chi connectivity index (χ0n) is 11.2. The lowest BCUT2D eigenvalue weighted by Gasteiger charge is -2.11. The lowest BCUT2D eigenvalue weighted by molar-refractivity contribution is 0.414. The van der Waals surface area contributed by atoms with E-state index in [9.17, 15) is 0 Å². The van der Waals surface area contributed by atoms with Crippen molar-refractivity contribution < 1.29 is 4.74 Å². The molecule has 0 radical (unpaired) electrons. The summed E-state index contributed by atoms with van der Waals surface area (Å²) in [5, 5.41) is -0.213. The monoisotopic (exact) mass is 287 g/mol. The van der Waals surface area contributed by atoms with Gasteiger partial charge < -0.3 is 4.74 Å². The van der Waals surface area contributed by atoms with Gasteiger partial charge in [-0.25, -0.2) is 9.97 Å². The van der Waals surface area contributed by atoms with Crippen LogP contribution in [0.1, 0.15) is 18.1 Å². The number of ether oxygens (including phenoxy) is 1. The van der Waals surface area contributed by atoms with Gasteiger partial charge in [0.25, 0.3) is 0 Å². The van der Waals surface area contributed by atoms with Gasteiger partial charge in [-0.3, -0.25) is 4.57 Å². The average Bonchev–Trinajstić information content (AvgIpc) is 2.87. The van der Waals surface area contributed by atoms with E-state index in [1.807, 2.05) is 47.9 Å². The van der Waals surface area contributed by atoms with Gasteiger partial charge in [0.05, 0.1) is 18.2 Å². The highest BCUT2D eigenvalue weighted by molar-refractivity contribution is 6.20. The second kappa shape index (κ2) is 5.13. The van der Waals surface area contributed by atoms with Gasteiger partial charge in [0, 0.05) is 12.3 Å².